The summed E-state index contributed by atoms with van der Waals surface area (Å²) < 4.78 is 1.32. The Morgan fingerprint density at radius 1 is 1.75 bits per heavy atom. The van der Waals surface area contributed by atoms with Crippen LogP contribution >= 0.6 is 0 Å². The number of nitrogens with two attached hydrogens (primary N) is 2. The average molecular weight is 170 g/mol. The fourth-order valence-corrected chi connectivity index (χ4v) is 0.825. The van der Waals surface area contributed by atoms with Crippen LogP contribution in [0.1, 0.15) is 10.5 Å². The Bertz CT molecular complexity index is 294. The summed E-state index contributed by atoms with van der Waals surface area (Å²) in [5, 5.41) is 12.3. The van der Waals surface area contributed by atoms with E-state index in [-0.39, 0.29) is 18.8 Å². The van der Waals surface area contributed by atoms with E-state index < -0.39 is 5.91 Å². The number of aliphatic hydroxyl groups is 1. The number of anilines is 1. The van der Waals surface area contributed by atoms with Crippen molar-refractivity contribution < 1.29 is 9.90 Å². The normalized spacial score (nSPS) is 10.1. The molecule has 0 atom stereocenters. The maximum Gasteiger partial charge on any atom is 0.269 e. The Balaban J connectivity index is 2.92. The Kier molecular flexibility index (Phi) is 2.29. The van der Waals surface area contributed by atoms with E-state index in [1.165, 1.54) is 10.7 Å². The molecule has 0 bridgehead atoms. The van der Waals surface area contributed by atoms with Gasteiger partial charge in [0, 0.05) is 6.07 Å². The minimum atomic E-state index is -0.626. The number of hydrogen-bond donors (Lipinski definition) is 3. The van der Waals surface area contributed by atoms with Gasteiger partial charge in [0.2, 0.25) is 0 Å². The molecule has 5 N–H and O–H groups in total. The molecule has 0 spiro atoms. The molecule has 0 aromatic carbocycles. The lowest BCUT2D eigenvalue weighted by atomic mass is 10.4. The van der Waals surface area contributed by atoms with Gasteiger partial charge in [-0.25, -0.2) is 4.68 Å². The van der Waals surface area contributed by atoms with Crippen LogP contribution in [0.2, 0.25) is 0 Å². The van der Waals surface area contributed by atoms with E-state index in [1.807, 2.05) is 0 Å². The SMILES string of the molecule is NC(=O)c1cc(N)n(CCO)n1. The van der Waals surface area contributed by atoms with Gasteiger partial charge in [-0.05, 0) is 0 Å². The van der Waals surface area contributed by atoms with Gasteiger partial charge in [0.25, 0.3) is 5.91 Å². The lowest BCUT2D eigenvalue weighted by Crippen LogP contribution is -2.13. The van der Waals surface area contributed by atoms with E-state index in [9.17, 15) is 4.79 Å². The highest BCUT2D eigenvalue weighted by Crippen LogP contribution is 2.04. The van der Waals surface area contributed by atoms with Crippen LogP contribution in [0.3, 0.4) is 0 Å². The molecule has 1 aromatic heterocycles. The second kappa shape index (κ2) is 3.22. The first-order chi connectivity index (χ1) is 5.65. The molecule has 1 heterocycles. The van der Waals surface area contributed by atoms with Crippen molar-refractivity contribution in [2.24, 2.45) is 5.73 Å². The number of carbonyl (C=O) groups excluding carboxylic acids is 1. The molecule has 0 unspecified atom stereocenters. The second-order valence-electron chi connectivity index (χ2n) is 2.27. The zero-order valence-electron chi connectivity index (χ0n) is 6.40. The van der Waals surface area contributed by atoms with Crippen molar-refractivity contribution in [3.8, 4) is 0 Å². The Morgan fingerprint density at radius 2 is 2.42 bits per heavy atom. The van der Waals surface area contributed by atoms with Crippen LogP contribution in [0.5, 0.6) is 0 Å². The third kappa shape index (κ3) is 1.54. The maximum absolute atomic E-state index is 10.6. The first kappa shape index (κ1) is 8.54. The molecule has 1 aromatic rings. The van der Waals surface area contributed by atoms with Crippen LogP contribution < -0.4 is 11.5 Å². The van der Waals surface area contributed by atoms with Gasteiger partial charge in [-0.2, -0.15) is 5.10 Å². The summed E-state index contributed by atoms with van der Waals surface area (Å²) in [4.78, 5) is 10.6. The third-order valence-electron chi connectivity index (χ3n) is 1.38. The minimum absolute atomic E-state index is 0.0793. The van der Waals surface area contributed by atoms with Gasteiger partial charge in [-0.1, -0.05) is 0 Å². The van der Waals surface area contributed by atoms with Gasteiger partial charge in [-0.3, -0.25) is 4.79 Å². The van der Waals surface area contributed by atoms with Gasteiger partial charge in [-0.15, -0.1) is 0 Å². The van der Waals surface area contributed by atoms with E-state index in [2.05, 4.69) is 5.10 Å². The molecule has 0 saturated heterocycles. The van der Waals surface area contributed by atoms with Crippen LogP contribution in [0.4, 0.5) is 5.82 Å². The van der Waals surface area contributed by atoms with Crippen LogP contribution in [-0.4, -0.2) is 27.4 Å². The third-order valence-corrected chi connectivity index (χ3v) is 1.38. The highest BCUT2D eigenvalue weighted by Gasteiger charge is 2.08. The van der Waals surface area contributed by atoms with Crippen LogP contribution in [0.25, 0.3) is 0 Å². The predicted molar refractivity (Wildman–Crippen MR) is 42.2 cm³/mol. The van der Waals surface area contributed by atoms with Crippen LogP contribution in [-0.2, 0) is 6.54 Å². The summed E-state index contributed by atoms with van der Waals surface area (Å²) in [5.41, 5.74) is 10.5. The fourth-order valence-electron chi connectivity index (χ4n) is 0.825. The number of amides is 1. The number of primary amides is 1. The molecule has 6 nitrogen and oxygen atoms in total. The number of aliphatic hydroxyl groups excluding tert-OH is 1. The number of nitrogen functional groups attached to an aromatic ring is 1. The van der Waals surface area contributed by atoms with Gasteiger partial charge in [0.15, 0.2) is 5.69 Å². The first-order valence-electron chi connectivity index (χ1n) is 3.39. The standard InChI is InChI=1S/C6H10N4O2/c7-5-3-4(6(8)12)9-10(5)1-2-11/h3,11H,1-2,7H2,(H2,8,12). The van der Waals surface area contributed by atoms with Crippen molar-refractivity contribution in [1.82, 2.24) is 9.78 Å². The summed E-state index contributed by atoms with van der Waals surface area (Å²) in [6.45, 7) is 0.184. The van der Waals surface area contributed by atoms with Crippen molar-refractivity contribution in [1.29, 1.82) is 0 Å². The summed E-state index contributed by atoms with van der Waals surface area (Å²) in [6, 6.07) is 1.37. The highest BCUT2D eigenvalue weighted by atomic mass is 16.3. The number of aromatic nitrogens is 2. The molecule has 6 heteroatoms. The van der Waals surface area contributed by atoms with Gasteiger partial charge in [0.1, 0.15) is 5.82 Å². The summed E-state index contributed by atoms with van der Waals surface area (Å²) in [6.07, 6.45) is 0. The maximum atomic E-state index is 10.6. The van der Waals surface area contributed by atoms with Crippen molar-refractivity contribution in [3.63, 3.8) is 0 Å². The molecule has 0 radical (unpaired) electrons. The number of nitrogens with zero attached hydrogens (tertiary/aromatic N) is 2. The lowest BCUT2D eigenvalue weighted by molar-refractivity contribution is 0.0994. The summed E-state index contributed by atoms with van der Waals surface area (Å²) in [7, 11) is 0. The van der Waals surface area contributed by atoms with Gasteiger partial charge < -0.3 is 16.6 Å². The molecule has 1 amide bonds. The van der Waals surface area contributed by atoms with E-state index in [4.69, 9.17) is 16.6 Å². The number of hydrogen-bond acceptors (Lipinski definition) is 4. The highest BCUT2D eigenvalue weighted by molar-refractivity contribution is 5.91. The lowest BCUT2D eigenvalue weighted by Gasteiger charge is -1.98. The van der Waals surface area contributed by atoms with Crippen molar-refractivity contribution >= 4 is 11.7 Å². The Labute approximate surface area is 68.8 Å². The molecule has 1 rings (SSSR count). The van der Waals surface area contributed by atoms with Gasteiger partial charge >= 0.3 is 0 Å². The average Bonchev–Trinajstić information content (AvgIpc) is 2.34. The van der Waals surface area contributed by atoms with Crippen molar-refractivity contribution in [2.75, 3.05) is 12.3 Å². The monoisotopic (exact) mass is 170 g/mol. The van der Waals surface area contributed by atoms with Crippen LogP contribution in [0, 0.1) is 0 Å². The molecule has 12 heavy (non-hydrogen) atoms. The largest absolute Gasteiger partial charge is 0.394 e. The Hall–Kier alpha value is -1.56. The van der Waals surface area contributed by atoms with Crippen molar-refractivity contribution in [3.05, 3.63) is 11.8 Å². The van der Waals surface area contributed by atoms with E-state index in [0.29, 0.717) is 5.82 Å². The van der Waals surface area contributed by atoms with Crippen molar-refractivity contribution in [2.45, 2.75) is 6.54 Å². The van der Waals surface area contributed by atoms with E-state index in [1.54, 1.807) is 0 Å². The molecule has 0 saturated carbocycles. The summed E-state index contributed by atoms with van der Waals surface area (Å²) in [5.74, 6) is -0.309. The zero-order chi connectivity index (χ0) is 9.14. The molecular formula is C6H10N4O2. The smallest absolute Gasteiger partial charge is 0.269 e. The number of rotatable bonds is 3. The predicted octanol–water partition coefficient (Wildman–Crippen LogP) is -1.44. The Morgan fingerprint density at radius 3 is 2.83 bits per heavy atom. The molecule has 0 aliphatic rings. The zero-order valence-corrected chi connectivity index (χ0v) is 6.40. The minimum Gasteiger partial charge on any atom is -0.394 e. The van der Waals surface area contributed by atoms with Crippen LogP contribution in [0.15, 0.2) is 6.07 Å². The summed E-state index contributed by atoms with van der Waals surface area (Å²) >= 11 is 0. The quantitative estimate of drug-likeness (QED) is 0.516. The topological polar surface area (TPSA) is 107 Å². The van der Waals surface area contributed by atoms with E-state index >= 15 is 0 Å². The van der Waals surface area contributed by atoms with E-state index in [0.717, 1.165) is 0 Å². The molecule has 0 aliphatic carbocycles. The molecular weight excluding hydrogens is 160 g/mol. The number of carbonyl (C=O) groups is 1. The molecule has 0 fully saturated rings. The first-order valence-corrected chi connectivity index (χ1v) is 3.39. The fraction of sp³-hybridized carbons (Fsp3) is 0.333. The second-order valence-corrected chi connectivity index (χ2v) is 2.27. The molecule has 66 valence electrons. The van der Waals surface area contributed by atoms with Gasteiger partial charge in [0.05, 0.1) is 13.2 Å². The molecule has 0 aliphatic heterocycles.